The van der Waals surface area contributed by atoms with Crippen molar-refractivity contribution in [2.24, 2.45) is 0 Å². The lowest BCUT2D eigenvalue weighted by atomic mass is 10.0. The highest BCUT2D eigenvalue weighted by Crippen LogP contribution is 2.42. The van der Waals surface area contributed by atoms with E-state index in [4.69, 9.17) is 9.47 Å². The Hall–Kier alpha value is -2.95. The third-order valence-electron chi connectivity index (χ3n) is 3.99. The van der Waals surface area contributed by atoms with Crippen molar-refractivity contribution in [3.05, 3.63) is 53.7 Å². The lowest BCUT2D eigenvalue weighted by Crippen LogP contribution is -2.10. The van der Waals surface area contributed by atoms with E-state index in [-0.39, 0.29) is 5.91 Å². The minimum absolute atomic E-state index is 0.124. The van der Waals surface area contributed by atoms with Crippen LogP contribution in [0.2, 0.25) is 0 Å². The van der Waals surface area contributed by atoms with E-state index in [0.29, 0.717) is 23.5 Å². The number of para-hydroxylation sites is 1. The van der Waals surface area contributed by atoms with Crippen LogP contribution < -0.4 is 20.1 Å². The van der Waals surface area contributed by atoms with Crippen molar-refractivity contribution >= 4 is 22.9 Å². The Morgan fingerprint density at radius 1 is 1.08 bits per heavy atom. The van der Waals surface area contributed by atoms with Gasteiger partial charge in [0.1, 0.15) is 0 Å². The van der Waals surface area contributed by atoms with Crippen LogP contribution in [0.5, 0.6) is 11.5 Å². The zero-order chi connectivity index (χ0) is 17.1. The molecule has 0 radical (unpaired) electrons. The van der Waals surface area contributed by atoms with Gasteiger partial charge in [0.25, 0.3) is 5.91 Å². The Labute approximate surface area is 141 Å². The van der Waals surface area contributed by atoms with Crippen molar-refractivity contribution in [3.63, 3.8) is 0 Å². The molecule has 24 heavy (non-hydrogen) atoms. The first-order valence-corrected chi connectivity index (χ1v) is 7.80. The highest BCUT2D eigenvalue weighted by Gasteiger charge is 2.29. The molecular formula is C19H20N2O3. The zero-order valence-electron chi connectivity index (χ0n) is 14.0. The highest BCUT2D eigenvalue weighted by molar-refractivity contribution is 6.32. The van der Waals surface area contributed by atoms with Crippen molar-refractivity contribution in [2.45, 2.75) is 13.3 Å². The molecule has 1 heterocycles. The molecule has 0 unspecified atom stereocenters. The van der Waals surface area contributed by atoms with Gasteiger partial charge in [-0.1, -0.05) is 25.1 Å². The van der Waals surface area contributed by atoms with E-state index in [1.807, 2.05) is 43.3 Å². The highest BCUT2D eigenvalue weighted by atomic mass is 16.5. The predicted molar refractivity (Wildman–Crippen MR) is 95.5 cm³/mol. The summed E-state index contributed by atoms with van der Waals surface area (Å²) in [5, 5.41) is 6.26. The van der Waals surface area contributed by atoms with Crippen LogP contribution in [0.15, 0.2) is 48.2 Å². The van der Waals surface area contributed by atoms with Gasteiger partial charge in [-0.25, -0.2) is 0 Å². The number of benzene rings is 2. The third-order valence-corrected chi connectivity index (χ3v) is 3.99. The molecule has 0 atom stereocenters. The van der Waals surface area contributed by atoms with Crippen LogP contribution in [0.25, 0.3) is 5.57 Å². The molecule has 0 fully saturated rings. The van der Waals surface area contributed by atoms with Crippen LogP contribution in [0, 0.1) is 0 Å². The van der Waals surface area contributed by atoms with Gasteiger partial charge in [-0.15, -0.1) is 0 Å². The van der Waals surface area contributed by atoms with E-state index in [0.717, 1.165) is 22.6 Å². The Bertz CT molecular complexity index is 798. The van der Waals surface area contributed by atoms with Crippen molar-refractivity contribution in [1.82, 2.24) is 0 Å². The van der Waals surface area contributed by atoms with Crippen LogP contribution >= 0.6 is 0 Å². The molecular weight excluding hydrogens is 304 g/mol. The Morgan fingerprint density at radius 3 is 2.38 bits per heavy atom. The van der Waals surface area contributed by atoms with Gasteiger partial charge in [0.2, 0.25) is 0 Å². The van der Waals surface area contributed by atoms with Gasteiger partial charge < -0.3 is 20.1 Å². The fourth-order valence-electron chi connectivity index (χ4n) is 2.82. The summed E-state index contributed by atoms with van der Waals surface area (Å²) in [6.45, 7) is 2.02. The molecule has 0 saturated carbocycles. The molecule has 5 heteroatoms. The average Bonchev–Trinajstić information content (AvgIpc) is 2.94. The van der Waals surface area contributed by atoms with Gasteiger partial charge in [-0.3, -0.25) is 4.79 Å². The largest absolute Gasteiger partial charge is 0.493 e. The van der Waals surface area contributed by atoms with Gasteiger partial charge in [-0.05, 0) is 24.6 Å². The minimum atomic E-state index is -0.124. The smallest absolute Gasteiger partial charge is 0.258 e. The summed E-state index contributed by atoms with van der Waals surface area (Å²) in [4.78, 5) is 12.5. The van der Waals surface area contributed by atoms with Crippen LogP contribution in [-0.2, 0) is 4.79 Å². The molecule has 0 aliphatic carbocycles. The topological polar surface area (TPSA) is 59.6 Å². The van der Waals surface area contributed by atoms with Gasteiger partial charge in [-0.2, -0.15) is 0 Å². The summed E-state index contributed by atoms with van der Waals surface area (Å²) in [5.41, 5.74) is 4.00. The Kier molecular flexibility index (Phi) is 4.42. The predicted octanol–water partition coefficient (Wildman–Crippen LogP) is 3.89. The number of amides is 1. The van der Waals surface area contributed by atoms with E-state index in [9.17, 15) is 4.79 Å². The quantitative estimate of drug-likeness (QED) is 0.819. The number of rotatable bonds is 5. The summed E-state index contributed by atoms with van der Waals surface area (Å²) in [5.74, 6) is 1.06. The van der Waals surface area contributed by atoms with Gasteiger partial charge in [0.05, 0.1) is 25.5 Å². The van der Waals surface area contributed by atoms with E-state index < -0.39 is 0 Å². The molecule has 5 nitrogen and oxygen atoms in total. The number of allylic oxidation sites excluding steroid dienone is 1. The molecule has 1 aliphatic rings. The Balaban J connectivity index is 2.09. The summed E-state index contributed by atoms with van der Waals surface area (Å²) in [6.07, 6.45) is 0.700. The standard InChI is InChI=1S/C19H20N2O3/c1-4-14(20-12-8-6-5-7-9-12)18-13-10-16(23-2)17(24-3)11-15(13)21-19(18)22/h5-11,20H,4H2,1-3H3,(H,21,22). The van der Waals surface area contributed by atoms with Gasteiger partial charge in [0.15, 0.2) is 11.5 Å². The molecule has 2 aromatic rings. The summed E-state index contributed by atoms with van der Waals surface area (Å²) >= 11 is 0. The number of carbonyl (C=O) groups excluding carboxylic acids is 1. The molecule has 0 bridgehead atoms. The number of fused-ring (bicyclic) bond motifs is 1. The first-order chi connectivity index (χ1) is 11.7. The van der Waals surface area contributed by atoms with Gasteiger partial charge >= 0.3 is 0 Å². The fourth-order valence-corrected chi connectivity index (χ4v) is 2.82. The second-order valence-electron chi connectivity index (χ2n) is 5.41. The first kappa shape index (κ1) is 15.9. The zero-order valence-corrected chi connectivity index (χ0v) is 14.0. The number of hydrogen-bond donors (Lipinski definition) is 2. The third kappa shape index (κ3) is 2.80. The second-order valence-corrected chi connectivity index (χ2v) is 5.41. The van der Waals surface area contributed by atoms with Crippen molar-refractivity contribution in [3.8, 4) is 11.5 Å². The number of ether oxygens (including phenoxy) is 2. The van der Waals surface area contributed by atoms with Crippen LogP contribution in [-0.4, -0.2) is 20.1 Å². The molecule has 124 valence electrons. The molecule has 0 aromatic heterocycles. The number of anilines is 2. The van der Waals surface area contributed by atoms with Crippen molar-refractivity contribution in [1.29, 1.82) is 0 Å². The molecule has 1 amide bonds. The van der Waals surface area contributed by atoms with E-state index >= 15 is 0 Å². The Morgan fingerprint density at radius 2 is 1.75 bits per heavy atom. The minimum Gasteiger partial charge on any atom is -0.493 e. The van der Waals surface area contributed by atoms with Crippen LogP contribution in [0.3, 0.4) is 0 Å². The second kappa shape index (κ2) is 6.66. The first-order valence-electron chi connectivity index (χ1n) is 7.80. The average molecular weight is 324 g/mol. The molecule has 0 spiro atoms. The number of nitrogens with one attached hydrogen (secondary N) is 2. The number of methoxy groups -OCH3 is 2. The molecule has 2 N–H and O–H groups in total. The molecule has 3 rings (SSSR count). The molecule has 0 saturated heterocycles. The molecule has 1 aliphatic heterocycles. The maximum absolute atomic E-state index is 12.5. The maximum atomic E-state index is 12.5. The summed E-state index contributed by atoms with van der Waals surface area (Å²) in [7, 11) is 3.16. The number of hydrogen-bond acceptors (Lipinski definition) is 4. The number of carbonyl (C=O) groups is 1. The van der Waals surface area contributed by atoms with Crippen molar-refractivity contribution in [2.75, 3.05) is 24.9 Å². The van der Waals surface area contributed by atoms with Crippen molar-refractivity contribution < 1.29 is 14.3 Å². The SMILES string of the molecule is CCC(Nc1ccccc1)=C1C(=O)Nc2cc(OC)c(OC)cc21. The summed E-state index contributed by atoms with van der Waals surface area (Å²) in [6, 6.07) is 13.4. The summed E-state index contributed by atoms with van der Waals surface area (Å²) < 4.78 is 10.7. The van der Waals surface area contributed by atoms with Gasteiger partial charge in [0, 0.05) is 23.0 Å². The van der Waals surface area contributed by atoms with E-state index in [1.54, 1.807) is 20.3 Å². The van der Waals surface area contributed by atoms with Crippen LogP contribution in [0.1, 0.15) is 18.9 Å². The maximum Gasteiger partial charge on any atom is 0.258 e. The van der Waals surface area contributed by atoms with E-state index in [2.05, 4.69) is 10.6 Å². The lowest BCUT2D eigenvalue weighted by molar-refractivity contribution is -0.110. The van der Waals surface area contributed by atoms with Crippen LogP contribution in [0.4, 0.5) is 11.4 Å². The molecule has 2 aromatic carbocycles. The normalized spacial score (nSPS) is 14.7. The van der Waals surface area contributed by atoms with E-state index in [1.165, 1.54) is 0 Å². The lowest BCUT2D eigenvalue weighted by Gasteiger charge is -2.13. The fraction of sp³-hybridized carbons (Fsp3) is 0.211. The monoisotopic (exact) mass is 324 g/mol.